The Morgan fingerprint density at radius 3 is 1.29 bits per heavy atom. The standard InChI is InChI=1S/C48H32N2O2/c1-4-12-33(13-5-1)34-20-22-37(23-21-34)50(40-24-27-42-41-18-10-11-19-45(41)52-48(42)32-40)39-26-29-47-44(31-39)43-30-38(25-28-46(43)51-47)49(35-14-6-2-7-15-35)36-16-8-3-9-17-36/h1-32H. The van der Waals surface area contributed by atoms with Gasteiger partial charge in [-0.15, -0.1) is 0 Å². The average Bonchev–Trinajstić information content (AvgIpc) is 3.77. The van der Waals surface area contributed by atoms with E-state index < -0.39 is 0 Å². The number of anilines is 6. The maximum atomic E-state index is 6.45. The second-order valence-electron chi connectivity index (χ2n) is 13.0. The van der Waals surface area contributed by atoms with Crippen LogP contribution in [-0.2, 0) is 0 Å². The number of benzene rings is 8. The highest BCUT2D eigenvalue weighted by molar-refractivity contribution is 6.09. The van der Waals surface area contributed by atoms with Gasteiger partial charge in [0.05, 0.1) is 0 Å². The summed E-state index contributed by atoms with van der Waals surface area (Å²) >= 11 is 0. The summed E-state index contributed by atoms with van der Waals surface area (Å²) in [6.45, 7) is 0. The number of nitrogens with zero attached hydrogens (tertiary/aromatic N) is 2. The molecule has 0 amide bonds. The fourth-order valence-electron chi connectivity index (χ4n) is 7.37. The van der Waals surface area contributed by atoms with Crippen molar-refractivity contribution in [2.24, 2.45) is 0 Å². The molecule has 246 valence electrons. The quantitative estimate of drug-likeness (QED) is 0.169. The van der Waals surface area contributed by atoms with E-state index in [2.05, 4.69) is 174 Å². The van der Waals surface area contributed by atoms with Crippen LogP contribution in [0.1, 0.15) is 0 Å². The van der Waals surface area contributed by atoms with Crippen LogP contribution in [0.5, 0.6) is 0 Å². The van der Waals surface area contributed by atoms with Crippen LogP contribution < -0.4 is 9.80 Å². The third-order valence-corrected chi connectivity index (χ3v) is 9.83. The molecule has 4 nitrogen and oxygen atoms in total. The highest BCUT2D eigenvalue weighted by Crippen LogP contribution is 2.43. The van der Waals surface area contributed by atoms with Crippen molar-refractivity contribution < 1.29 is 8.83 Å². The molecule has 0 atom stereocenters. The van der Waals surface area contributed by atoms with Crippen LogP contribution in [0, 0.1) is 0 Å². The van der Waals surface area contributed by atoms with Crippen LogP contribution in [-0.4, -0.2) is 0 Å². The summed E-state index contributed by atoms with van der Waals surface area (Å²) in [5.74, 6) is 0. The first-order chi connectivity index (χ1) is 25.8. The molecule has 52 heavy (non-hydrogen) atoms. The van der Waals surface area contributed by atoms with Crippen molar-refractivity contribution in [3.8, 4) is 11.1 Å². The van der Waals surface area contributed by atoms with Crippen molar-refractivity contribution >= 4 is 78.0 Å². The van der Waals surface area contributed by atoms with Gasteiger partial charge in [-0.1, -0.05) is 97.1 Å². The third-order valence-electron chi connectivity index (χ3n) is 9.83. The number of furan rings is 2. The molecule has 0 N–H and O–H groups in total. The number of fused-ring (bicyclic) bond motifs is 6. The van der Waals surface area contributed by atoms with Crippen molar-refractivity contribution in [1.82, 2.24) is 0 Å². The molecule has 2 aromatic heterocycles. The zero-order valence-electron chi connectivity index (χ0n) is 28.2. The Bertz CT molecular complexity index is 2800. The minimum atomic E-state index is 0.842. The number of hydrogen-bond acceptors (Lipinski definition) is 4. The Labute approximate surface area is 301 Å². The molecule has 0 aliphatic heterocycles. The van der Waals surface area contributed by atoms with Gasteiger partial charge in [-0.05, 0) is 102 Å². The Hall–Kier alpha value is -7.04. The monoisotopic (exact) mass is 668 g/mol. The highest BCUT2D eigenvalue weighted by Gasteiger charge is 2.19. The summed E-state index contributed by atoms with van der Waals surface area (Å²) in [6.07, 6.45) is 0. The Balaban J connectivity index is 1.14. The molecule has 8 aromatic carbocycles. The summed E-state index contributed by atoms with van der Waals surface area (Å²) in [5.41, 5.74) is 12.1. The molecule has 0 unspecified atom stereocenters. The third kappa shape index (κ3) is 5.17. The van der Waals surface area contributed by atoms with Crippen LogP contribution in [0.3, 0.4) is 0 Å². The Morgan fingerprint density at radius 1 is 0.250 bits per heavy atom. The number of rotatable bonds is 7. The molecule has 0 fully saturated rings. The minimum Gasteiger partial charge on any atom is -0.456 e. The summed E-state index contributed by atoms with van der Waals surface area (Å²) < 4.78 is 12.8. The Kier molecular flexibility index (Phi) is 7.10. The van der Waals surface area contributed by atoms with Gasteiger partial charge >= 0.3 is 0 Å². The van der Waals surface area contributed by atoms with Gasteiger partial charge in [0, 0.05) is 61.7 Å². The van der Waals surface area contributed by atoms with Gasteiger partial charge in [-0.25, -0.2) is 0 Å². The van der Waals surface area contributed by atoms with Crippen molar-refractivity contribution in [2.45, 2.75) is 0 Å². The van der Waals surface area contributed by atoms with Crippen LogP contribution in [0.2, 0.25) is 0 Å². The van der Waals surface area contributed by atoms with E-state index in [1.807, 2.05) is 30.3 Å². The molecule has 0 aliphatic carbocycles. The fourth-order valence-corrected chi connectivity index (χ4v) is 7.37. The lowest BCUT2D eigenvalue weighted by Gasteiger charge is -2.26. The zero-order chi connectivity index (χ0) is 34.4. The van der Waals surface area contributed by atoms with E-state index in [0.29, 0.717) is 0 Å². The second-order valence-corrected chi connectivity index (χ2v) is 13.0. The van der Waals surface area contributed by atoms with E-state index in [0.717, 1.165) is 78.0 Å². The second kappa shape index (κ2) is 12.4. The first-order valence-electron chi connectivity index (χ1n) is 17.5. The highest BCUT2D eigenvalue weighted by atomic mass is 16.3. The van der Waals surface area contributed by atoms with Crippen LogP contribution in [0.15, 0.2) is 203 Å². The molecule has 4 heteroatoms. The van der Waals surface area contributed by atoms with Crippen LogP contribution in [0.25, 0.3) is 55.0 Å². The van der Waals surface area contributed by atoms with Gasteiger partial charge < -0.3 is 18.6 Å². The van der Waals surface area contributed by atoms with Crippen molar-refractivity contribution in [3.05, 3.63) is 194 Å². The van der Waals surface area contributed by atoms with Gasteiger partial charge in [-0.3, -0.25) is 0 Å². The van der Waals surface area contributed by atoms with Crippen molar-refractivity contribution in [2.75, 3.05) is 9.80 Å². The van der Waals surface area contributed by atoms with Gasteiger partial charge in [-0.2, -0.15) is 0 Å². The summed E-state index contributed by atoms with van der Waals surface area (Å²) in [7, 11) is 0. The molecule has 0 spiro atoms. The van der Waals surface area contributed by atoms with Crippen molar-refractivity contribution in [1.29, 1.82) is 0 Å². The maximum Gasteiger partial charge on any atom is 0.137 e. The van der Waals surface area contributed by atoms with Crippen LogP contribution >= 0.6 is 0 Å². The SMILES string of the molecule is c1ccc(-c2ccc(N(c3ccc4c(c3)oc3ccccc34)c3ccc4oc5ccc(N(c6ccccc6)c6ccccc6)cc5c4c3)cc2)cc1. The normalized spacial score (nSPS) is 11.5. The minimum absolute atomic E-state index is 0.842. The first kappa shape index (κ1) is 29.8. The lowest BCUT2D eigenvalue weighted by molar-refractivity contribution is 0.668. The predicted molar refractivity (Wildman–Crippen MR) is 216 cm³/mol. The maximum absolute atomic E-state index is 6.45. The topological polar surface area (TPSA) is 32.8 Å². The molecule has 10 rings (SSSR count). The molecule has 0 bridgehead atoms. The zero-order valence-corrected chi connectivity index (χ0v) is 28.2. The van der Waals surface area contributed by atoms with Crippen molar-refractivity contribution in [3.63, 3.8) is 0 Å². The summed E-state index contributed by atoms with van der Waals surface area (Å²) in [4.78, 5) is 4.58. The molecular weight excluding hydrogens is 637 g/mol. The van der Waals surface area contributed by atoms with Crippen LogP contribution in [0.4, 0.5) is 34.1 Å². The molecular formula is C48H32N2O2. The smallest absolute Gasteiger partial charge is 0.137 e. The molecule has 10 aromatic rings. The van der Waals surface area contributed by atoms with E-state index >= 15 is 0 Å². The number of para-hydroxylation sites is 3. The van der Waals surface area contributed by atoms with E-state index in [-0.39, 0.29) is 0 Å². The lowest BCUT2D eigenvalue weighted by atomic mass is 10.0. The molecule has 0 saturated carbocycles. The molecule has 0 saturated heterocycles. The lowest BCUT2D eigenvalue weighted by Crippen LogP contribution is -2.10. The average molecular weight is 669 g/mol. The Morgan fingerprint density at radius 2 is 0.654 bits per heavy atom. The van der Waals surface area contributed by atoms with Gasteiger partial charge in [0.25, 0.3) is 0 Å². The van der Waals surface area contributed by atoms with Gasteiger partial charge in [0.2, 0.25) is 0 Å². The fraction of sp³-hybridized carbons (Fsp3) is 0. The molecule has 0 aliphatic rings. The van der Waals surface area contributed by atoms with E-state index in [9.17, 15) is 0 Å². The first-order valence-corrected chi connectivity index (χ1v) is 17.5. The molecule has 0 radical (unpaired) electrons. The van der Waals surface area contributed by atoms with Gasteiger partial charge in [0.1, 0.15) is 22.3 Å². The summed E-state index contributed by atoms with van der Waals surface area (Å²) in [5, 5.41) is 4.32. The summed E-state index contributed by atoms with van der Waals surface area (Å²) in [6, 6.07) is 67.9. The molecule has 2 heterocycles. The van der Waals surface area contributed by atoms with E-state index in [4.69, 9.17) is 8.83 Å². The largest absolute Gasteiger partial charge is 0.456 e. The van der Waals surface area contributed by atoms with E-state index in [1.165, 1.54) is 11.1 Å². The number of hydrogen-bond donors (Lipinski definition) is 0. The predicted octanol–water partition coefficient (Wildman–Crippen LogP) is 14.1. The van der Waals surface area contributed by atoms with Gasteiger partial charge in [0.15, 0.2) is 0 Å². The van der Waals surface area contributed by atoms with E-state index in [1.54, 1.807) is 0 Å².